The normalized spacial score (nSPS) is 14.9. The highest BCUT2D eigenvalue weighted by atomic mass is 16.5. The first-order valence-electron chi connectivity index (χ1n) is 4.35. The number of ether oxygens (including phenoxy) is 1. The van der Waals surface area contributed by atoms with Crippen LogP contribution in [0, 0.1) is 0 Å². The summed E-state index contributed by atoms with van der Waals surface area (Å²) in [5.74, 6) is 0.227. The summed E-state index contributed by atoms with van der Waals surface area (Å²) < 4.78 is 5.02. The Balaban J connectivity index is 4.01. The van der Waals surface area contributed by atoms with E-state index in [2.05, 4.69) is 10.1 Å². The number of hydrogen-bond donors (Lipinski definition) is 2. The third-order valence-corrected chi connectivity index (χ3v) is 1.93. The van der Waals surface area contributed by atoms with E-state index in [9.17, 15) is 0 Å². The summed E-state index contributed by atoms with van der Waals surface area (Å²) in [5.41, 5.74) is 5.40. The van der Waals surface area contributed by atoms with Crippen molar-refractivity contribution in [1.29, 1.82) is 0 Å². The van der Waals surface area contributed by atoms with Crippen molar-refractivity contribution in [3.8, 4) is 0 Å². The molecule has 0 amide bonds. The van der Waals surface area contributed by atoms with E-state index in [0.29, 0.717) is 13.2 Å². The van der Waals surface area contributed by atoms with Gasteiger partial charge in [-0.1, -0.05) is 12.1 Å². The first-order chi connectivity index (χ1) is 6.15. The van der Waals surface area contributed by atoms with Crippen molar-refractivity contribution < 1.29 is 9.94 Å². The highest BCUT2D eigenvalue weighted by Gasteiger charge is 2.12. The van der Waals surface area contributed by atoms with E-state index in [4.69, 9.17) is 15.7 Å². The fourth-order valence-corrected chi connectivity index (χ4v) is 1.17. The summed E-state index contributed by atoms with van der Waals surface area (Å²) >= 11 is 0. The third kappa shape index (κ3) is 4.69. The molecule has 5 heteroatoms. The van der Waals surface area contributed by atoms with Crippen LogP contribution in [0.3, 0.4) is 0 Å². The van der Waals surface area contributed by atoms with Crippen molar-refractivity contribution >= 4 is 5.84 Å². The predicted octanol–water partition coefficient (Wildman–Crippen LogP) is 0.0896. The number of amidine groups is 1. The number of nitrogens with two attached hydrogens (primary N) is 1. The Morgan fingerprint density at radius 3 is 2.69 bits per heavy atom. The molecule has 0 aliphatic heterocycles. The van der Waals surface area contributed by atoms with Crippen molar-refractivity contribution in [1.82, 2.24) is 4.90 Å². The molecule has 0 bridgehead atoms. The van der Waals surface area contributed by atoms with Gasteiger partial charge < -0.3 is 15.7 Å². The molecule has 0 saturated heterocycles. The lowest BCUT2D eigenvalue weighted by Gasteiger charge is -2.26. The zero-order chi connectivity index (χ0) is 10.3. The molecule has 0 fully saturated rings. The smallest absolute Gasteiger partial charge is 0.153 e. The van der Waals surface area contributed by atoms with Crippen LogP contribution in [0.1, 0.15) is 13.8 Å². The SMILES string of the molecule is CCN(CC(N)=NO)C(C)COC. The Hall–Kier alpha value is -0.810. The standard InChI is InChI=1S/C8H19N3O2/c1-4-11(5-8(9)10-12)7(2)6-13-3/h7,12H,4-6H2,1-3H3,(H2,9,10). The van der Waals surface area contributed by atoms with Crippen LogP contribution in [-0.2, 0) is 4.74 Å². The average molecular weight is 189 g/mol. The van der Waals surface area contributed by atoms with Crippen LogP contribution in [0.15, 0.2) is 5.16 Å². The van der Waals surface area contributed by atoms with E-state index in [1.54, 1.807) is 7.11 Å². The van der Waals surface area contributed by atoms with Crippen LogP contribution < -0.4 is 5.73 Å². The minimum atomic E-state index is 0.227. The molecule has 0 heterocycles. The van der Waals surface area contributed by atoms with Crippen molar-refractivity contribution in [2.45, 2.75) is 19.9 Å². The summed E-state index contributed by atoms with van der Waals surface area (Å²) in [4.78, 5) is 2.07. The molecular formula is C8H19N3O2. The number of nitrogens with zero attached hydrogens (tertiary/aromatic N) is 2. The van der Waals surface area contributed by atoms with Crippen molar-refractivity contribution in [3.05, 3.63) is 0 Å². The molecule has 5 nitrogen and oxygen atoms in total. The maximum atomic E-state index is 8.40. The maximum absolute atomic E-state index is 8.40. The van der Waals surface area contributed by atoms with Gasteiger partial charge in [0.05, 0.1) is 13.2 Å². The molecule has 0 aromatic carbocycles. The zero-order valence-electron chi connectivity index (χ0n) is 8.53. The van der Waals surface area contributed by atoms with E-state index in [1.165, 1.54) is 0 Å². The molecular weight excluding hydrogens is 170 g/mol. The molecule has 0 rings (SSSR count). The van der Waals surface area contributed by atoms with Gasteiger partial charge in [-0.2, -0.15) is 0 Å². The van der Waals surface area contributed by atoms with Crippen molar-refractivity contribution in [2.24, 2.45) is 10.9 Å². The lowest BCUT2D eigenvalue weighted by atomic mass is 10.3. The monoisotopic (exact) mass is 189 g/mol. The highest BCUT2D eigenvalue weighted by Crippen LogP contribution is 1.98. The Kier molecular flexibility index (Phi) is 6.26. The second-order valence-electron chi connectivity index (χ2n) is 2.96. The number of oxime groups is 1. The quantitative estimate of drug-likeness (QED) is 0.269. The summed E-state index contributed by atoms with van der Waals surface area (Å²) in [7, 11) is 1.66. The Morgan fingerprint density at radius 2 is 2.31 bits per heavy atom. The molecule has 0 saturated carbocycles. The largest absolute Gasteiger partial charge is 0.409 e. The predicted molar refractivity (Wildman–Crippen MR) is 52.0 cm³/mol. The van der Waals surface area contributed by atoms with Gasteiger partial charge in [0.15, 0.2) is 5.84 Å². The van der Waals surface area contributed by atoms with Crippen LogP contribution in [0.25, 0.3) is 0 Å². The zero-order valence-corrected chi connectivity index (χ0v) is 8.53. The number of hydrogen-bond acceptors (Lipinski definition) is 4. The molecule has 0 spiro atoms. The van der Waals surface area contributed by atoms with E-state index in [1.807, 2.05) is 13.8 Å². The fourth-order valence-electron chi connectivity index (χ4n) is 1.17. The Bertz CT molecular complexity index is 161. The van der Waals surface area contributed by atoms with E-state index in [0.717, 1.165) is 6.54 Å². The lowest BCUT2D eigenvalue weighted by Crippen LogP contribution is -2.41. The first kappa shape index (κ1) is 12.2. The van der Waals surface area contributed by atoms with Gasteiger partial charge in [0.2, 0.25) is 0 Å². The topological polar surface area (TPSA) is 71.1 Å². The molecule has 78 valence electrons. The first-order valence-corrected chi connectivity index (χ1v) is 4.35. The molecule has 13 heavy (non-hydrogen) atoms. The van der Waals surface area contributed by atoms with E-state index in [-0.39, 0.29) is 11.9 Å². The van der Waals surface area contributed by atoms with Crippen LogP contribution in [0.4, 0.5) is 0 Å². The number of methoxy groups -OCH3 is 1. The van der Waals surface area contributed by atoms with Gasteiger partial charge in [-0.05, 0) is 13.5 Å². The maximum Gasteiger partial charge on any atom is 0.153 e. The molecule has 0 aliphatic rings. The molecule has 0 aliphatic carbocycles. The van der Waals surface area contributed by atoms with Crippen LogP contribution in [0.2, 0.25) is 0 Å². The average Bonchev–Trinajstić information content (AvgIpc) is 2.14. The summed E-state index contributed by atoms with van der Waals surface area (Å²) in [6, 6.07) is 0.273. The fraction of sp³-hybridized carbons (Fsp3) is 0.875. The van der Waals surface area contributed by atoms with Crippen molar-refractivity contribution in [2.75, 3.05) is 26.8 Å². The highest BCUT2D eigenvalue weighted by molar-refractivity contribution is 5.81. The van der Waals surface area contributed by atoms with Gasteiger partial charge in [0.1, 0.15) is 0 Å². The summed E-state index contributed by atoms with van der Waals surface area (Å²) in [5, 5.41) is 11.3. The minimum absolute atomic E-state index is 0.227. The molecule has 3 N–H and O–H groups in total. The van der Waals surface area contributed by atoms with Crippen LogP contribution in [0.5, 0.6) is 0 Å². The molecule has 1 atom stereocenters. The van der Waals surface area contributed by atoms with Gasteiger partial charge in [0.25, 0.3) is 0 Å². The lowest BCUT2D eigenvalue weighted by molar-refractivity contribution is 0.112. The van der Waals surface area contributed by atoms with E-state index < -0.39 is 0 Å². The Morgan fingerprint density at radius 1 is 1.69 bits per heavy atom. The van der Waals surface area contributed by atoms with Gasteiger partial charge in [-0.3, -0.25) is 4.90 Å². The number of rotatable bonds is 6. The Labute approximate surface area is 79.2 Å². The van der Waals surface area contributed by atoms with Crippen LogP contribution in [-0.4, -0.2) is 48.8 Å². The van der Waals surface area contributed by atoms with Gasteiger partial charge in [-0.15, -0.1) is 0 Å². The molecule has 0 aromatic heterocycles. The van der Waals surface area contributed by atoms with Gasteiger partial charge in [-0.25, -0.2) is 0 Å². The van der Waals surface area contributed by atoms with E-state index >= 15 is 0 Å². The molecule has 1 unspecified atom stereocenters. The molecule has 0 radical (unpaired) electrons. The molecule has 0 aromatic rings. The van der Waals surface area contributed by atoms with Crippen LogP contribution >= 0.6 is 0 Å². The van der Waals surface area contributed by atoms with Gasteiger partial charge >= 0.3 is 0 Å². The second kappa shape index (κ2) is 6.68. The van der Waals surface area contributed by atoms with Crippen molar-refractivity contribution in [3.63, 3.8) is 0 Å². The number of likely N-dealkylation sites (N-methyl/N-ethyl adjacent to an activating group) is 1. The summed E-state index contributed by atoms with van der Waals surface area (Å²) in [6.45, 7) is 6.03. The minimum Gasteiger partial charge on any atom is -0.409 e. The van der Waals surface area contributed by atoms with Gasteiger partial charge in [0, 0.05) is 13.2 Å². The third-order valence-electron chi connectivity index (χ3n) is 1.93. The summed E-state index contributed by atoms with van der Waals surface area (Å²) in [6.07, 6.45) is 0. The second-order valence-corrected chi connectivity index (χ2v) is 2.96.